The first-order valence-electron chi connectivity index (χ1n) is 11.8. The highest BCUT2D eigenvalue weighted by molar-refractivity contribution is 5.88. The fourth-order valence-corrected chi connectivity index (χ4v) is 6.07. The SMILES string of the molecule is COc1cc(C)c2[nH]ccc2c1CN1CC[C@]2(CCC(F)(F)C2)C[C@@H]1c1ccc(OC=O)cc1. The Morgan fingerprint density at radius 2 is 1.97 bits per heavy atom. The molecule has 0 amide bonds. The number of likely N-dealkylation sites (tertiary alicyclic amines) is 1. The van der Waals surface area contributed by atoms with E-state index in [-0.39, 0.29) is 24.3 Å². The summed E-state index contributed by atoms with van der Waals surface area (Å²) >= 11 is 0. The molecule has 0 bridgehead atoms. The highest BCUT2D eigenvalue weighted by Gasteiger charge is 2.52. The van der Waals surface area contributed by atoms with Gasteiger partial charge in [-0.1, -0.05) is 12.1 Å². The maximum atomic E-state index is 14.3. The van der Waals surface area contributed by atoms with Crippen LogP contribution in [0.2, 0.25) is 0 Å². The van der Waals surface area contributed by atoms with E-state index in [0.717, 1.165) is 46.3 Å². The number of alkyl halides is 2. The Labute approximate surface area is 198 Å². The van der Waals surface area contributed by atoms with Gasteiger partial charge < -0.3 is 14.5 Å². The number of piperidine rings is 1. The molecule has 1 spiro atoms. The molecule has 2 aromatic carbocycles. The molecule has 1 aliphatic carbocycles. The van der Waals surface area contributed by atoms with E-state index >= 15 is 0 Å². The van der Waals surface area contributed by atoms with Gasteiger partial charge in [-0.2, -0.15) is 0 Å². The molecule has 0 radical (unpaired) electrons. The number of aromatic amines is 1. The molecule has 180 valence electrons. The van der Waals surface area contributed by atoms with Gasteiger partial charge in [-0.15, -0.1) is 0 Å². The minimum atomic E-state index is -2.58. The number of rotatable bonds is 6. The summed E-state index contributed by atoms with van der Waals surface area (Å²) in [5.41, 5.74) is 4.01. The van der Waals surface area contributed by atoms with Crippen LogP contribution >= 0.6 is 0 Å². The van der Waals surface area contributed by atoms with Crippen molar-refractivity contribution in [3.05, 3.63) is 59.3 Å². The number of ether oxygens (including phenoxy) is 2. The van der Waals surface area contributed by atoms with E-state index in [9.17, 15) is 13.6 Å². The molecule has 0 unspecified atom stereocenters. The lowest BCUT2D eigenvalue weighted by Crippen LogP contribution is -2.41. The van der Waals surface area contributed by atoms with E-state index in [4.69, 9.17) is 9.47 Å². The van der Waals surface area contributed by atoms with E-state index < -0.39 is 5.92 Å². The van der Waals surface area contributed by atoms with Gasteiger partial charge >= 0.3 is 0 Å². The zero-order valence-corrected chi connectivity index (χ0v) is 19.6. The van der Waals surface area contributed by atoms with Crippen molar-refractivity contribution in [2.24, 2.45) is 5.41 Å². The molecule has 1 N–H and O–H groups in total. The third kappa shape index (κ3) is 4.17. The Bertz CT molecular complexity index is 1190. The maximum Gasteiger partial charge on any atom is 0.298 e. The molecule has 1 aromatic heterocycles. The van der Waals surface area contributed by atoms with E-state index in [2.05, 4.69) is 28.9 Å². The minimum absolute atomic E-state index is 0.0204. The molecule has 7 heteroatoms. The van der Waals surface area contributed by atoms with Crippen LogP contribution in [0.3, 0.4) is 0 Å². The number of aryl methyl sites for hydroxylation is 1. The van der Waals surface area contributed by atoms with Crippen LogP contribution in [-0.2, 0) is 11.3 Å². The van der Waals surface area contributed by atoms with Crippen molar-refractivity contribution in [1.82, 2.24) is 9.88 Å². The summed E-state index contributed by atoms with van der Waals surface area (Å²) in [6.45, 7) is 3.85. The van der Waals surface area contributed by atoms with Crippen molar-refractivity contribution >= 4 is 17.4 Å². The van der Waals surface area contributed by atoms with Crippen LogP contribution in [0.1, 0.15) is 54.8 Å². The summed E-state index contributed by atoms with van der Waals surface area (Å²) in [6, 6.07) is 11.5. The number of carbonyl (C=O) groups excluding carboxylic acids is 1. The van der Waals surface area contributed by atoms with Gasteiger partial charge in [0.15, 0.2) is 0 Å². The van der Waals surface area contributed by atoms with E-state index in [1.54, 1.807) is 19.2 Å². The van der Waals surface area contributed by atoms with E-state index in [1.165, 1.54) is 0 Å². The number of hydrogen-bond acceptors (Lipinski definition) is 4. The summed E-state index contributed by atoms with van der Waals surface area (Å²) in [4.78, 5) is 16.4. The summed E-state index contributed by atoms with van der Waals surface area (Å²) in [5.74, 6) is -1.27. The van der Waals surface area contributed by atoms with Crippen LogP contribution in [0.5, 0.6) is 11.5 Å². The van der Waals surface area contributed by atoms with Gasteiger partial charge in [0.1, 0.15) is 11.5 Å². The van der Waals surface area contributed by atoms with Crippen LogP contribution in [0.15, 0.2) is 42.6 Å². The number of carbonyl (C=O) groups is 1. The number of fused-ring (bicyclic) bond motifs is 1. The Hall–Kier alpha value is -2.93. The topological polar surface area (TPSA) is 54.6 Å². The van der Waals surface area contributed by atoms with Gasteiger partial charge in [0.25, 0.3) is 6.47 Å². The van der Waals surface area contributed by atoms with Crippen molar-refractivity contribution < 1.29 is 23.0 Å². The second kappa shape index (κ2) is 8.69. The lowest BCUT2D eigenvalue weighted by atomic mass is 9.72. The van der Waals surface area contributed by atoms with E-state index in [1.807, 2.05) is 18.3 Å². The van der Waals surface area contributed by atoms with Crippen molar-refractivity contribution in [3.63, 3.8) is 0 Å². The van der Waals surface area contributed by atoms with Gasteiger partial charge in [-0.25, -0.2) is 8.78 Å². The molecule has 1 saturated heterocycles. The molecule has 2 heterocycles. The molecule has 5 nitrogen and oxygen atoms in total. The average Bonchev–Trinajstić information content (AvgIpc) is 3.42. The number of hydrogen-bond donors (Lipinski definition) is 1. The number of H-pyrrole nitrogens is 1. The normalized spacial score (nSPS) is 24.5. The standard InChI is InChI=1S/C27H30F2N2O3/c1-18-13-24(33-2)22(21-7-11-30-25(18)21)15-31-12-10-26(8-9-27(28,29)16-26)14-23(31)19-3-5-20(6-4-19)34-17-32/h3-7,11,13,17,23,30H,8-10,12,14-16H2,1-2H3/t23-,26-/m1/s1. The van der Waals surface area contributed by atoms with Gasteiger partial charge in [-0.05, 0) is 73.5 Å². The lowest BCUT2D eigenvalue weighted by Gasteiger charge is -2.45. The monoisotopic (exact) mass is 468 g/mol. The molecule has 3 aromatic rings. The van der Waals surface area contributed by atoms with Crippen molar-refractivity contribution in [2.75, 3.05) is 13.7 Å². The number of aromatic nitrogens is 1. The first-order valence-corrected chi connectivity index (χ1v) is 11.8. The largest absolute Gasteiger partial charge is 0.496 e. The minimum Gasteiger partial charge on any atom is -0.496 e. The number of nitrogens with one attached hydrogen (secondary N) is 1. The second-order valence-corrected chi connectivity index (χ2v) is 9.90. The zero-order valence-electron chi connectivity index (χ0n) is 19.6. The highest BCUT2D eigenvalue weighted by atomic mass is 19.3. The van der Waals surface area contributed by atoms with Gasteiger partial charge in [0.2, 0.25) is 5.92 Å². The third-order valence-electron chi connectivity index (χ3n) is 7.79. The molecule has 1 aliphatic heterocycles. The fourth-order valence-electron chi connectivity index (χ4n) is 6.07. The Balaban J connectivity index is 1.51. The molecule has 2 atom stereocenters. The second-order valence-electron chi connectivity index (χ2n) is 9.90. The zero-order chi connectivity index (χ0) is 23.9. The summed E-state index contributed by atoms with van der Waals surface area (Å²) in [5, 5.41) is 1.12. The summed E-state index contributed by atoms with van der Waals surface area (Å²) in [6.07, 6.45) is 3.88. The fraction of sp³-hybridized carbons (Fsp3) is 0.444. The third-order valence-corrected chi connectivity index (χ3v) is 7.79. The van der Waals surface area contributed by atoms with Crippen LogP contribution in [0, 0.1) is 12.3 Å². The predicted molar refractivity (Wildman–Crippen MR) is 126 cm³/mol. The molecule has 1 saturated carbocycles. The number of benzene rings is 2. The predicted octanol–water partition coefficient (Wildman–Crippen LogP) is 6.16. The van der Waals surface area contributed by atoms with Crippen LogP contribution in [0.4, 0.5) is 8.78 Å². The lowest BCUT2D eigenvalue weighted by molar-refractivity contribution is -0.120. The van der Waals surface area contributed by atoms with Crippen molar-refractivity contribution in [2.45, 2.75) is 57.5 Å². The van der Waals surface area contributed by atoms with Crippen LogP contribution < -0.4 is 9.47 Å². The van der Waals surface area contributed by atoms with E-state index in [0.29, 0.717) is 31.6 Å². The average molecular weight is 469 g/mol. The van der Waals surface area contributed by atoms with Crippen LogP contribution in [0.25, 0.3) is 10.9 Å². The Morgan fingerprint density at radius 3 is 2.65 bits per heavy atom. The highest BCUT2D eigenvalue weighted by Crippen LogP contribution is 2.56. The maximum absolute atomic E-state index is 14.3. The quantitative estimate of drug-likeness (QED) is 0.440. The number of methoxy groups -OCH3 is 1. The smallest absolute Gasteiger partial charge is 0.298 e. The van der Waals surface area contributed by atoms with Gasteiger partial charge in [-0.3, -0.25) is 9.69 Å². The van der Waals surface area contributed by atoms with Gasteiger partial charge in [0.05, 0.1) is 7.11 Å². The number of nitrogens with zero attached hydrogens (tertiary/aromatic N) is 1. The summed E-state index contributed by atoms with van der Waals surface area (Å²) < 4.78 is 39.3. The van der Waals surface area contributed by atoms with Crippen molar-refractivity contribution in [1.29, 1.82) is 0 Å². The van der Waals surface area contributed by atoms with Gasteiger partial charge in [0, 0.05) is 48.1 Å². The Kier molecular flexibility index (Phi) is 5.84. The van der Waals surface area contributed by atoms with Crippen molar-refractivity contribution in [3.8, 4) is 11.5 Å². The van der Waals surface area contributed by atoms with Crippen LogP contribution in [-0.4, -0.2) is 35.9 Å². The number of halogens is 2. The molecule has 2 aliphatic rings. The first kappa shape index (κ1) is 22.8. The molecular formula is C27H30F2N2O3. The summed E-state index contributed by atoms with van der Waals surface area (Å²) in [7, 11) is 1.69. The first-order chi connectivity index (χ1) is 16.3. The molecule has 2 fully saturated rings. The molecule has 5 rings (SSSR count). The Morgan fingerprint density at radius 1 is 1.18 bits per heavy atom. The molecular weight excluding hydrogens is 438 g/mol. The molecule has 34 heavy (non-hydrogen) atoms.